The lowest BCUT2D eigenvalue weighted by Gasteiger charge is -2.31. The van der Waals surface area contributed by atoms with E-state index in [1.165, 1.54) is 19.2 Å². The molecule has 26 heavy (non-hydrogen) atoms. The van der Waals surface area contributed by atoms with Crippen LogP contribution in [-0.4, -0.2) is 54.1 Å². The van der Waals surface area contributed by atoms with Gasteiger partial charge in [0.05, 0.1) is 19.8 Å². The molecule has 0 saturated carbocycles. The van der Waals surface area contributed by atoms with E-state index in [2.05, 4.69) is 20.7 Å². The first-order valence-electron chi connectivity index (χ1n) is 8.14. The van der Waals surface area contributed by atoms with Crippen LogP contribution >= 0.6 is 0 Å². The van der Waals surface area contributed by atoms with Gasteiger partial charge in [-0.2, -0.15) is 14.5 Å². The molecule has 0 bridgehead atoms. The normalized spacial score (nSPS) is 20.0. The summed E-state index contributed by atoms with van der Waals surface area (Å²) in [4.78, 5) is 15.4. The molecule has 0 aromatic carbocycles. The Kier molecular flexibility index (Phi) is 5.33. The van der Waals surface area contributed by atoms with Gasteiger partial charge in [-0.25, -0.2) is 0 Å². The highest BCUT2D eigenvalue weighted by atomic mass is 19.1. The van der Waals surface area contributed by atoms with Gasteiger partial charge in [0.2, 0.25) is 11.8 Å². The molecule has 3 rings (SSSR count). The average Bonchev–Trinajstić information content (AvgIpc) is 3.05. The molecule has 0 spiro atoms. The first-order chi connectivity index (χ1) is 12.5. The van der Waals surface area contributed by atoms with Crippen molar-refractivity contribution in [3.05, 3.63) is 29.8 Å². The molecule has 3 heterocycles. The van der Waals surface area contributed by atoms with Crippen LogP contribution in [0.1, 0.15) is 22.8 Å². The van der Waals surface area contributed by atoms with Crippen molar-refractivity contribution >= 4 is 17.4 Å². The van der Waals surface area contributed by atoms with Gasteiger partial charge in [-0.05, 0) is 13.5 Å². The fraction of sp³-hybridized carbons (Fsp3) is 0.438. The van der Waals surface area contributed by atoms with E-state index in [0.717, 1.165) is 6.42 Å². The lowest BCUT2D eigenvalue weighted by atomic mass is 10.0. The lowest BCUT2D eigenvalue weighted by molar-refractivity contribution is 0.0347. The fourth-order valence-corrected chi connectivity index (χ4v) is 2.94. The van der Waals surface area contributed by atoms with Gasteiger partial charge in [-0.15, -0.1) is 0 Å². The zero-order valence-corrected chi connectivity index (χ0v) is 14.5. The number of rotatable bonds is 6. The summed E-state index contributed by atoms with van der Waals surface area (Å²) in [5.41, 5.74) is 6.01. The maximum Gasteiger partial charge on any atom is 0.254 e. The minimum Gasteiger partial charge on any atom is -0.481 e. The van der Waals surface area contributed by atoms with E-state index in [1.54, 1.807) is 10.9 Å². The number of anilines is 2. The van der Waals surface area contributed by atoms with E-state index < -0.39 is 11.9 Å². The minimum atomic E-state index is -0.720. The summed E-state index contributed by atoms with van der Waals surface area (Å²) in [6.07, 6.45) is 2.39. The zero-order valence-electron chi connectivity index (χ0n) is 14.5. The number of hydrogen-bond acceptors (Lipinski definition) is 7. The minimum absolute atomic E-state index is 0.0916. The second kappa shape index (κ2) is 7.67. The molecular formula is C16H21FN6O3. The number of aromatic nitrogens is 3. The van der Waals surface area contributed by atoms with Crippen LogP contribution in [0.4, 0.5) is 15.9 Å². The highest BCUT2D eigenvalue weighted by Gasteiger charge is 2.28. The molecule has 2 aromatic rings. The Morgan fingerprint density at radius 2 is 2.31 bits per heavy atom. The number of amides is 1. The van der Waals surface area contributed by atoms with Crippen LogP contribution in [0.15, 0.2) is 18.3 Å². The van der Waals surface area contributed by atoms with Crippen molar-refractivity contribution in [2.75, 3.05) is 32.7 Å². The highest BCUT2D eigenvalue weighted by molar-refractivity contribution is 5.98. The summed E-state index contributed by atoms with van der Waals surface area (Å²) in [5, 5.41) is 10.6. The lowest BCUT2D eigenvalue weighted by Crippen LogP contribution is -2.42. The number of carbonyl (C=O) groups is 1. The number of methoxy groups -OCH3 is 1. The van der Waals surface area contributed by atoms with Gasteiger partial charge in [0.1, 0.15) is 5.56 Å². The van der Waals surface area contributed by atoms with E-state index in [0.29, 0.717) is 18.9 Å². The monoisotopic (exact) mass is 364 g/mol. The second-order valence-corrected chi connectivity index (χ2v) is 5.91. The summed E-state index contributed by atoms with van der Waals surface area (Å²) in [6, 6.07) is 2.72. The third kappa shape index (κ3) is 3.75. The number of pyridine rings is 1. The molecule has 1 aliphatic rings. The summed E-state index contributed by atoms with van der Waals surface area (Å²) >= 11 is 0. The van der Waals surface area contributed by atoms with Crippen molar-refractivity contribution in [2.24, 2.45) is 5.73 Å². The zero-order chi connectivity index (χ0) is 18.7. The number of hydrogen-bond donors (Lipinski definition) is 3. The van der Waals surface area contributed by atoms with Crippen molar-refractivity contribution < 1.29 is 18.7 Å². The van der Waals surface area contributed by atoms with Crippen molar-refractivity contribution in [3.8, 4) is 5.88 Å². The molecule has 1 saturated heterocycles. The third-order valence-corrected chi connectivity index (χ3v) is 4.28. The van der Waals surface area contributed by atoms with Crippen LogP contribution in [0.3, 0.4) is 0 Å². The molecule has 140 valence electrons. The molecule has 0 radical (unpaired) electrons. The topological polar surface area (TPSA) is 116 Å². The second-order valence-electron chi connectivity index (χ2n) is 5.91. The summed E-state index contributed by atoms with van der Waals surface area (Å²) in [6.45, 7) is 1.12. The van der Waals surface area contributed by atoms with Crippen LogP contribution in [-0.2, 0) is 4.74 Å². The maximum absolute atomic E-state index is 13.6. The fourth-order valence-electron chi connectivity index (χ4n) is 2.94. The van der Waals surface area contributed by atoms with Gasteiger partial charge in [0, 0.05) is 36.7 Å². The van der Waals surface area contributed by atoms with E-state index >= 15 is 0 Å². The van der Waals surface area contributed by atoms with E-state index in [1.807, 2.05) is 7.05 Å². The van der Waals surface area contributed by atoms with E-state index in [-0.39, 0.29) is 29.3 Å². The molecule has 2 aromatic heterocycles. The number of carbonyl (C=O) groups excluding carboxylic acids is 1. The Balaban J connectivity index is 1.93. The van der Waals surface area contributed by atoms with Crippen molar-refractivity contribution in [2.45, 2.75) is 18.5 Å². The Hall–Kier alpha value is -2.72. The summed E-state index contributed by atoms with van der Waals surface area (Å²) < 4.78 is 25.7. The average molecular weight is 364 g/mol. The van der Waals surface area contributed by atoms with E-state index in [4.69, 9.17) is 15.2 Å². The van der Waals surface area contributed by atoms with Gasteiger partial charge >= 0.3 is 0 Å². The standard InChI is InChI=1S/C16H21FN6O3/c1-19-11-3-4-26-8-12(11)23-7-10(15(18)24)16(22-23)20-9-5-13(17)21-14(6-9)25-2/h5-7,11-12,19H,3-4,8H2,1-2H3,(H2,18,24)(H,20,21,22)/t11-,12-/m0/s1. The SMILES string of the molecule is CN[C@H]1CCOC[C@@H]1n1cc(C(N)=O)c(Nc2cc(F)nc(OC)c2)n1. The van der Waals surface area contributed by atoms with E-state index in [9.17, 15) is 9.18 Å². The largest absolute Gasteiger partial charge is 0.481 e. The number of halogens is 1. The van der Waals surface area contributed by atoms with Crippen molar-refractivity contribution in [1.82, 2.24) is 20.1 Å². The van der Waals surface area contributed by atoms with Gasteiger partial charge in [0.15, 0.2) is 5.82 Å². The predicted molar refractivity (Wildman–Crippen MR) is 92.1 cm³/mol. The maximum atomic E-state index is 13.6. The molecule has 9 nitrogen and oxygen atoms in total. The number of primary amides is 1. The summed E-state index contributed by atoms with van der Waals surface area (Å²) in [7, 11) is 3.25. The third-order valence-electron chi connectivity index (χ3n) is 4.28. The van der Waals surface area contributed by atoms with Crippen molar-refractivity contribution in [1.29, 1.82) is 0 Å². The number of ether oxygens (including phenoxy) is 2. The number of nitrogens with two attached hydrogens (primary N) is 1. The molecule has 1 amide bonds. The van der Waals surface area contributed by atoms with Gasteiger partial charge in [-0.1, -0.05) is 0 Å². The molecule has 4 N–H and O–H groups in total. The van der Waals surface area contributed by atoms with Gasteiger partial charge in [-0.3, -0.25) is 9.48 Å². The Bertz CT molecular complexity index is 796. The number of nitrogens with one attached hydrogen (secondary N) is 2. The number of likely N-dealkylation sites (N-methyl/N-ethyl adjacent to an activating group) is 1. The first kappa shape index (κ1) is 18.1. The molecule has 10 heteroatoms. The van der Waals surface area contributed by atoms with Crippen LogP contribution in [0, 0.1) is 5.95 Å². The predicted octanol–water partition coefficient (Wildman–Crippen LogP) is 0.818. The molecule has 2 atom stereocenters. The van der Waals surface area contributed by atoms with Crippen LogP contribution in [0.25, 0.3) is 0 Å². The Morgan fingerprint density at radius 3 is 3.00 bits per heavy atom. The smallest absolute Gasteiger partial charge is 0.254 e. The molecule has 1 fully saturated rings. The Labute approximate surface area is 149 Å². The highest BCUT2D eigenvalue weighted by Crippen LogP contribution is 2.26. The molecule has 0 unspecified atom stereocenters. The number of nitrogens with zero attached hydrogens (tertiary/aromatic N) is 3. The summed E-state index contributed by atoms with van der Waals surface area (Å²) in [5.74, 6) is -1.03. The van der Waals surface area contributed by atoms with Gasteiger partial charge < -0.3 is 25.8 Å². The quantitative estimate of drug-likeness (QED) is 0.650. The van der Waals surface area contributed by atoms with Crippen LogP contribution < -0.4 is 21.1 Å². The van der Waals surface area contributed by atoms with Gasteiger partial charge in [0.25, 0.3) is 5.91 Å². The molecule has 1 aliphatic heterocycles. The van der Waals surface area contributed by atoms with Crippen LogP contribution in [0.2, 0.25) is 0 Å². The first-order valence-corrected chi connectivity index (χ1v) is 8.14. The molecular weight excluding hydrogens is 343 g/mol. The Morgan fingerprint density at radius 1 is 1.50 bits per heavy atom. The molecule has 0 aliphatic carbocycles. The van der Waals surface area contributed by atoms with Crippen molar-refractivity contribution in [3.63, 3.8) is 0 Å². The van der Waals surface area contributed by atoms with Crippen LogP contribution in [0.5, 0.6) is 5.88 Å².